The van der Waals surface area contributed by atoms with Crippen LogP contribution in [0.1, 0.15) is 322 Å². The average molecular weight is 1090 g/mol. The Morgan fingerprint density at radius 2 is 0.701 bits per heavy atom. The molecule has 0 amide bonds. The van der Waals surface area contributed by atoms with E-state index in [1.807, 2.05) is 21.1 Å². The van der Waals surface area contributed by atoms with Crippen molar-refractivity contribution in [3.05, 3.63) is 36.5 Å². The van der Waals surface area contributed by atoms with Gasteiger partial charge in [0.25, 0.3) is 0 Å². The molecule has 2 atom stereocenters. The van der Waals surface area contributed by atoms with E-state index in [1.165, 1.54) is 231 Å². The average Bonchev–Trinajstić information content (AvgIpc) is 3.40. The van der Waals surface area contributed by atoms with Crippen LogP contribution in [0.3, 0.4) is 0 Å². The molecule has 0 saturated carbocycles. The monoisotopic (exact) mass is 1090 g/mol. The molecule has 0 aromatic rings. The summed E-state index contributed by atoms with van der Waals surface area (Å²) >= 11 is 0. The maximum absolute atomic E-state index is 12.9. The lowest BCUT2D eigenvalue weighted by Gasteiger charge is -2.26. The quantitative estimate of drug-likeness (QED) is 0.0195. The molecule has 0 saturated heterocycles. The normalized spacial score (nSPS) is 12.9. The maximum Gasteiger partial charge on any atom is 0.306 e. The third-order valence-corrected chi connectivity index (χ3v) is 14.9. The number of esters is 2. The Hall–Kier alpha value is -2.49. The van der Waals surface area contributed by atoms with Gasteiger partial charge in [-0.2, -0.15) is 0 Å². The Balaban J connectivity index is 4.12. The van der Waals surface area contributed by atoms with Gasteiger partial charge in [0.1, 0.15) is 13.2 Å². The highest BCUT2D eigenvalue weighted by atomic mass is 16.7. The molecule has 0 heterocycles. The molecule has 77 heavy (non-hydrogen) atoms. The van der Waals surface area contributed by atoms with Crippen molar-refractivity contribution in [3.63, 3.8) is 0 Å². The molecule has 0 radical (unpaired) electrons. The van der Waals surface area contributed by atoms with Crippen LogP contribution in [-0.2, 0) is 33.3 Å². The lowest BCUT2D eigenvalue weighted by molar-refractivity contribution is -0.870. The summed E-state index contributed by atoms with van der Waals surface area (Å²) in [5.74, 6) is -2.27. The number of aliphatic carboxylic acids is 1. The number of carbonyl (C=O) groups is 3. The van der Waals surface area contributed by atoms with Gasteiger partial charge in [-0.15, -0.1) is 0 Å². The smallest absolute Gasteiger partial charge is 0.306 e. The van der Waals surface area contributed by atoms with Crippen LogP contribution in [0.15, 0.2) is 36.5 Å². The molecule has 0 bridgehead atoms. The van der Waals surface area contributed by atoms with Gasteiger partial charge in [0.2, 0.25) is 0 Å². The summed E-state index contributed by atoms with van der Waals surface area (Å²) in [6.45, 7) is 4.78. The van der Waals surface area contributed by atoms with Gasteiger partial charge in [0.05, 0.1) is 40.3 Å². The first-order valence-corrected chi connectivity index (χ1v) is 33.1. The first-order valence-electron chi connectivity index (χ1n) is 33.1. The molecule has 0 aromatic carbocycles. The number of quaternary nitrogens is 1. The molecule has 452 valence electrons. The number of nitrogens with zero attached hydrogens (tertiary/aromatic N) is 1. The first kappa shape index (κ1) is 74.5. The number of ether oxygens (including phenoxy) is 4. The number of unbranched alkanes of at least 4 members (excludes halogenated alkanes) is 41. The summed E-state index contributed by atoms with van der Waals surface area (Å²) < 4.78 is 22.8. The van der Waals surface area contributed by atoms with Gasteiger partial charge in [0, 0.05) is 12.8 Å². The summed E-state index contributed by atoms with van der Waals surface area (Å²) in [5, 5.41) is 11.8. The van der Waals surface area contributed by atoms with Gasteiger partial charge in [-0.1, -0.05) is 294 Å². The molecular formula is C68H127NO8. The molecule has 0 aromatic heterocycles. The molecule has 9 nitrogen and oxygen atoms in total. The zero-order valence-corrected chi connectivity index (χ0v) is 51.6. The molecule has 0 aliphatic carbocycles. The zero-order valence-electron chi connectivity index (χ0n) is 51.6. The Kier molecular flexibility index (Phi) is 57.7. The number of allylic oxidation sites excluding steroid dienone is 6. The number of carboxylic acids is 1. The van der Waals surface area contributed by atoms with Crippen molar-refractivity contribution in [2.45, 2.75) is 334 Å². The van der Waals surface area contributed by atoms with Gasteiger partial charge >= 0.3 is 11.9 Å². The van der Waals surface area contributed by atoms with Crippen molar-refractivity contribution >= 4 is 17.9 Å². The fraction of sp³-hybridized carbons (Fsp3) is 0.868. The van der Waals surface area contributed by atoms with E-state index in [0.717, 1.165) is 57.8 Å². The van der Waals surface area contributed by atoms with Crippen molar-refractivity contribution in [2.24, 2.45) is 0 Å². The van der Waals surface area contributed by atoms with E-state index >= 15 is 0 Å². The highest BCUT2D eigenvalue weighted by Gasteiger charge is 2.22. The summed E-state index contributed by atoms with van der Waals surface area (Å²) in [7, 11) is 5.93. The second kappa shape index (κ2) is 59.6. The molecule has 0 rings (SSSR count). The highest BCUT2D eigenvalue weighted by molar-refractivity contribution is 5.70. The van der Waals surface area contributed by atoms with Crippen molar-refractivity contribution in [2.75, 3.05) is 47.5 Å². The van der Waals surface area contributed by atoms with Gasteiger partial charge < -0.3 is 33.3 Å². The van der Waals surface area contributed by atoms with E-state index < -0.39 is 24.3 Å². The summed E-state index contributed by atoms with van der Waals surface area (Å²) in [4.78, 5) is 37.4. The van der Waals surface area contributed by atoms with E-state index in [1.54, 1.807) is 0 Å². The highest BCUT2D eigenvalue weighted by Crippen LogP contribution is 2.18. The number of rotatable bonds is 62. The second-order valence-corrected chi connectivity index (χ2v) is 23.8. The summed E-state index contributed by atoms with van der Waals surface area (Å²) in [6.07, 6.45) is 70.7. The third kappa shape index (κ3) is 61.0. The maximum atomic E-state index is 12.9. The molecule has 9 heteroatoms. The van der Waals surface area contributed by atoms with Gasteiger partial charge in [-0.05, 0) is 51.4 Å². The Morgan fingerprint density at radius 3 is 1.04 bits per heavy atom. The first-order chi connectivity index (χ1) is 37.6. The van der Waals surface area contributed by atoms with Crippen LogP contribution in [0.2, 0.25) is 0 Å². The molecule has 0 fully saturated rings. The van der Waals surface area contributed by atoms with Crippen LogP contribution in [0.5, 0.6) is 0 Å². The Bertz CT molecular complexity index is 1360. The van der Waals surface area contributed by atoms with Gasteiger partial charge in [-0.3, -0.25) is 9.59 Å². The van der Waals surface area contributed by atoms with E-state index in [4.69, 9.17) is 18.9 Å². The number of hydrogen-bond donors (Lipinski definition) is 0. The molecular weight excluding hydrogens is 959 g/mol. The molecule has 0 N–H and O–H groups in total. The second-order valence-electron chi connectivity index (χ2n) is 23.8. The van der Waals surface area contributed by atoms with Gasteiger partial charge in [-0.25, -0.2) is 0 Å². The number of carboxylic acid groups (broad SMARTS) is 1. The topological polar surface area (TPSA) is 111 Å². The fourth-order valence-corrected chi connectivity index (χ4v) is 9.78. The fourth-order valence-electron chi connectivity index (χ4n) is 9.78. The van der Waals surface area contributed by atoms with E-state index in [9.17, 15) is 19.5 Å². The lowest BCUT2D eigenvalue weighted by atomic mass is 10.0. The van der Waals surface area contributed by atoms with Crippen LogP contribution in [0.25, 0.3) is 0 Å². The van der Waals surface area contributed by atoms with Crippen LogP contribution in [0.4, 0.5) is 0 Å². The number of carbonyl (C=O) groups excluding carboxylic acids is 3. The van der Waals surface area contributed by atoms with E-state index in [2.05, 4.69) is 50.3 Å². The minimum absolute atomic E-state index is 0.147. The lowest BCUT2D eigenvalue weighted by Crippen LogP contribution is -2.44. The minimum atomic E-state index is -1.62. The van der Waals surface area contributed by atoms with Crippen LogP contribution in [-0.4, -0.2) is 82.3 Å². The predicted octanol–water partition coefficient (Wildman–Crippen LogP) is 18.7. The molecule has 0 spiro atoms. The van der Waals surface area contributed by atoms with Crippen molar-refractivity contribution < 1.29 is 42.9 Å². The van der Waals surface area contributed by atoms with Gasteiger partial charge in [0.15, 0.2) is 12.4 Å². The van der Waals surface area contributed by atoms with E-state index in [0.29, 0.717) is 23.9 Å². The molecule has 0 aliphatic heterocycles. The van der Waals surface area contributed by atoms with Crippen LogP contribution < -0.4 is 5.11 Å². The van der Waals surface area contributed by atoms with Crippen molar-refractivity contribution in [1.82, 2.24) is 0 Å². The minimum Gasteiger partial charge on any atom is -0.545 e. The Morgan fingerprint density at radius 1 is 0.390 bits per heavy atom. The number of likely N-dealkylation sites (N-methyl/N-ethyl adjacent to an activating group) is 1. The molecule has 0 aliphatic rings. The predicted molar refractivity (Wildman–Crippen MR) is 325 cm³/mol. The van der Waals surface area contributed by atoms with E-state index in [-0.39, 0.29) is 32.2 Å². The summed E-state index contributed by atoms with van der Waals surface area (Å²) in [6, 6.07) is 0. The molecule has 2 unspecified atom stereocenters. The SMILES string of the molecule is CCCCCCC/C=C\C/C=C\C/C=C\CCCCCCCCCCC(=O)OC(COC(=O)CCCCCCCCCCCCCCCCCCCCCCCCCCCCCCC)COC(OCC[N+](C)(C)C)C(=O)[O-]. The van der Waals surface area contributed by atoms with Crippen molar-refractivity contribution in [1.29, 1.82) is 0 Å². The third-order valence-electron chi connectivity index (χ3n) is 14.9. The standard InChI is InChI=1S/C68H127NO8/c1-6-8-10-12-14-16-18-20-22-24-26-28-30-31-32-33-34-35-37-38-40-42-44-46-48-50-52-54-56-58-65(70)75-62-64(63-76-68(67(72)73)74-61-60-69(3,4)5)77-66(71)59-57-55-53-51-49-47-45-43-41-39-36-29-27-25-23-21-19-17-15-13-11-9-7-2/h19,21,25,27,36,39,64,68H,6-18,20,22-24,26,28-35,37-38,40-63H2,1-5H3/b21-19-,27-25-,39-36-. The largest absolute Gasteiger partial charge is 0.545 e. The summed E-state index contributed by atoms with van der Waals surface area (Å²) in [5.41, 5.74) is 0. The Labute approximate surface area is 477 Å². The zero-order chi connectivity index (χ0) is 56.2. The van der Waals surface area contributed by atoms with Crippen LogP contribution in [0, 0.1) is 0 Å². The van der Waals surface area contributed by atoms with Crippen molar-refractivity contribution in [3.8, 4) is 0 Å². The van der Waals surface area contributed by atoms with Crippen LogP contribution >= 0.6 is 0 Å². The number of hydrogen-bond acceptors (Lipinski definition) is 8.